The van der Waals surface area contributed by atoms with Gasteiger partial charge in [-0.15, -0.1) is 0 Å². The van der Waals surface area contributed by atoms with E-state index in [0.717, 1.165) is 6.67 Å². The van der Waals surface area contributed by atoms with E-state index in [1.165, 1.54) is 44.9 Å². The summed E-state index contributed by atoms with van der Waals surface area (Å²) in [6, 6.07) is 0.526. The molecule has 1 heterocycles. The lowest BCUT2D eigenvalue weighted by Crippen LogP contribution is -2.37. The van der Waals surface area contributed by atoms with Gasteiger partial charge in [-0.1, -0.05) is 32.1 Å². The van der Waals surface area contributed by atoms with Crippen LogP contribution < -0.4 is 5.32 Å². The smallest absolute Gasteiger partial charge is 0.237 e. The van der Waals surface area contributed by atoms with Crippen LogP contribution in [0.25, 0.3) is 0 Å². The van der Waals surface area contributed by atoms with E-state index in [4.69, 9.17) is 0 Å². The van der Waals surface area contributed by atoms with Crippen molar-refractivity contribution in [3.05, 3.63) is 0 Å². The lowest BCUT2D eigenvalue weighted by molar-refractivity contribution is -0.128. The van der Waals surface area contributed by atoms with Gasteiger partial charge in [-0.2, -0.15) is 0 Å². The Morgan fingerprint density at radius 1 is 1.07 bits per heavy atom. The molecule has 2 rings (SSSR count). The summed E-state index contributed by atoms with van der Waals surface area (Å²) in [5.41, 5.74) is 0. The van der Waals surface area contributed by atoms with Crippen LogP contribution in [0.5, 0.6) is 0 Å². The molecular formula is C11H20N2O. The maximum atomic E-state index is 11.5. The predicted octanol–water partition coefficient (Wildman–Crippen LogP) is 1.49. The number of carbonyl (C=O) groups excluding carboxylic acids is 1. The molecule has 0 aromatic heterocycles. The average Bonchev–Trinajstić information content (AvgIpc) is 2.51. The molecule has 0 radical (unpaired) electrons. The zero-order valence-corrected chi connectivity index (χ0v) is 8.80. The fourth-order valence-electron chi connectivity index (χ4n) is 2.55. The number of hydrogen-bond acceptors (Lipinski definition) is 2. The molecule has 2 aliphatic rings. The van der Waals surface area contributed by atoms with Crippen LogP contribution >= 0.6 is 0 Å². The van der Waals surface area contributed by atoms with Gasteiger partial charge < -0.3 is 4.90 Å². The molecule has 1 saturated carbocycles. The highest BCUT2D eigenvalue weighted by Crippen LogP contribution is 2.22. The summed E-state index contributed by atoms with van der Waals surface area (Å²) in [4.78, 5) is 13.6. The van der Waals surface area contributed by atoms with Crippen LogP contribution in [-0.4, -0.2) is 30.1 Å². The first kappa shape index (κ1) is 9.97. The molecule has 1 saturated heterocycles. The van der Waals surface area contributed by atoms with Crippen molar-refractivity contribution in [2.24, 2.45) is 0 Å². The standard InChI is InChI=1S/C11H20N2O/c14-11-8-12-9-13(11)10-6-4-2-1-3-5-7-10/h10,12H,1-9H2. The number of nitrogens with zero attached hydrogens (tertiary/aromatic N) is 1. The van der Waals surface area contributed by atoms with Crippen molar-refractivity contribution in [3.8, 4) is 0 Å². The summed E-state index contributed by atoms with van der Waals surface area (Å²) < 4.78 is 0. The summed E-state index contributed by atoms with van der Waals surface area (Å²) in [5, 5.41) is 3.13. The lowest BCUT2D eigenvalue weighted by Gasteiger charge is -2.28. The normalized spacial score (nSPS) is 26.3. The molecule has 80 valence electrons. The molecule has 2 fully saturated rings. The third-order valence-corrected chi connectivity index (χ3v) is 3.39. The third kappa shape index (κ3) is 2.27. The second-order valence-corrected chi connectivity index (χ2v) is 4.45. The van der Waals surface area contributed by atoms with Gasteiger partial charge in [0, 0.05) is 6.04 Å². The minimum absolute atomic E-state index is 0.301. The van der Waals surface area contributed by atoms with Gasteiger partial charge in [0.25, 0.3) is 0 Å². The molecule has 3 heteroatoms. The molecule has 1 aliphatic carbocycles. The van der Waals surface area contributed by atoms with Gasteiger partial charge in [-0.3, -0.25) is 10.1 Å². The molecule has 0 bridgehead atoms. The van der Waals surface area contributed by atoms with Gasteiger partial charge >= 0.3 is 0 Å². The zero-order valence-electron chi connectivity index (χ0n) is 8.80. The van der Waals surface area contributed by atoms with Crippen LogP contribution in [0.15, 0.2) is 0 Å². The van der Waals surface area contributed by atoms with E-state index in [9.17, 15) is 4.79 Å². The molecule has 0 atom stereocenters. The van der Waals surface area contributed by atoms with E-state index in [-0.39, 0.29) is 0 Å². The maximum absolute atomic E-state index is 11.5. The number of hydrogen-bond donors (Lipinski definition) is 1. The Kier molecular flexibility index (Phi) is 3.40. The molecule has 1 aliphatic heterocycles. The summed E-state index contributed by atoms with van der Waals surface area (Å²) in [7, 11) is 0. The van der Waals surface area contributed by atoms with Gasteiger partial charge in [-0.25, -0.2) is 0 Å². The van der Waals surface area contributed by atoms with Gasteiger partial charge in [0.1, 0.15) is 0 Å². The van der Waals surface area contributed by atoms with Crippen LogP contribution in [0, 0.1) is 0 Å². The molecule has 0 aromatic rings. The molecule has 0 aromatic carbocycles. The highest BCUT2D eigenvalue weighted by Gasteiger charge is 2.27. The fourth-order valence-corrected chi connectivity index (χ4v) is 2.55. The van der Waals surface area contributed by atoms with Crippen molar-refractivity contribution >= 4 is 5.91 Å². The summed E-state index contributed by atoms with van der Waals surface area (Å²) >= 11 is 0. The molecule has 1 amide bonds. The Bertz CT molecular complexity index is 197. The first-order chi connectivity index (χ1) is 6.88. The summed E-state index contributed by atoms with van der Waals surface area (Å²) in [6.45, 7) is 1.33. The van der Waals surface area contributed by atoms with Crippen molar-refractivity contribution in [1.82, 2.24) is 10.2 Å². The molecule has 14 heavy (non-hydrogen) atoms. The topological polar surface area (TPSA) is 32.3 Å². The first-order valence-corrected chi connectivity index (χ1v) is 5.88. The maximum Gasteiger partial charge on any atom is 0.237 e. The monoisotopic (exact) mass is 196 g/mol. The molecule has 3 nitrogen and oxygen atoms in total. The molecule has 0 spiro atoms. The third-order valence-electron chi connectivity index (χ3n) is 3.39. The zero-order chi connectivity index (χ0) is 9.80. The van der Waals surface area contributed by atoms with E-state index in [1.54, 1.807) is 0 Å². The number of nitrogens with one attached hydrogen (secondary N) is 1. The van der Waals surface area contributed by atoms with E-state index >= 15 is 0 Å². The fraction of sp³-hybridized carbons (Fsp3) is 0.909. The molecule has 1 N–H and O–H groups in total. The van der Waals surface area contributed by atoms with Crippen molar-refractivity contribution in [1.29, 1.82) is 0 Å². The Labute approximate surface area is 85.8 Å². The van der Waals surface area contributed by atoms with Crippen LogP contribution in [0.2, 0.25) is 0 Å². The Morgan fingerprint density at radius 2 is 1.71 bits per heavy atom. The highest BCUT2D eigenvalue weighted by atomic mass is 16.2. The summed E-state index contributed by atoms with van der Waals surface area (Å²) in [5.74, 6) is 0.301. The second-order valence-electron chi connectivity index (χ2n) is 4.45. The van der Waals surface area contributed by atoms with Crippen molar-refractivity contribution in [2.45, 2.75) is 51.0 Å². The quantitative estimate of drug-likeness (QED) is 0.689. The van der Waals surface area contributed by atoms with E-state index in [1.807, 2.05) is 4.90 Å². The Balaban J connectivity index is 1.90. The Hall–Kier alpha value is -0.570. The van der Waals surface area contributed by atoms with Crippen LogP contribution in [0.3, 0.4) is 0 Å². The minimum Gasteiger partial charge on any atom is -0.326 e. The average molecular weight is 196 g/mol. The number of carbonyl (C=O) groups is 1. The van der Waals surface area contributed by atoms with Crippen LogP contribution in [0.1, 0.15) is 44.9 Å². The number of amides is 1. The van der Waals surface area contributed by atoms with Crippen LogP contribution in [-0.2, 0) is 4.79 Å². The predicted molar refractivity (Wildman–Crippen MR) is 55.8 cm³/mol. The lowest BCUT2D eigenvalue weighted by atomic mass is 9.96. The minimum atomic E-state index is 0.301. The van der Waals surface area contributed by atoms with Crippen molar-refractivity contribution < 1.29 is 4.79 Å². The van der Waals surface area contributed by atoms with E-state index in [2.05, 4.69) is 5.32 Å². The van der Waals surface area contributed by atoms with Gasteiger partial charge in [0.15, 0.2) is 0 Å². The Morgan fingerprint density at radius 3 is 2.29 bits per heavy atom. The SMILES string of the molecule is O=C1CNCN1C1CCCCCCC1. The number of rotatable bonds is 1. The highest BCUT2D eigenvalue weighted by molar-refractivity contribution is 5.80. The van der Waals surface area contributed by atoms with Crippen LogP contribution in [0.4, 0.5) is 0 Å². The van der Waals surface area contributed by atoms with E-state index in [0.29, 0.717) is 18.5 Å². The molecular weight excluding hydrogens is 176 g/mol. The van der Waals surface area contributed by atoms with Gasteiger partial charge in [0.2, 0.25) is 5.91 Å². The molecule has 0 unspecified atom stereocenters. The van der Waals surface area contributed by atoms with E-state index < -0.39 is 0 Å². The van der Waals surface area contributed by atoms with Crippen molar-refractivity contribution in [2.75, 3.05) is 13.2 Å². The van der Waals surface area contributed by atoms with Gasteiger partial charge in [-0.05, 0) is 12.8 Å². The summed E-state index contributed by atoms with van der Waals surface area (Å²) in [6.07, 6.45) is 9.13. The van der Waals surface area contributed by atoms with Gasteiger partial charge in [0.05, 0.1) is 13.2 Å². The largest absolute Gasteiger partial charge is 0.326 e. The first-order valence-electron chi connectivity index (χ1n) is 5.88. The van der Waals surface area contributed by atoms with Crippen molar-refractivity contribution in [3.63, 3.8) is 0 Å². The second kappa shape index (κ2) is 4.78.